The van der Waals surface area contributed by atoms with Crippen LogP contribution in [0.25, 0.3) is 0 Å². The molecule has 20 nitrogen and oxygen atoms in total. The lowest BCUT2D eigenvalue weighted by Gasteiger charge is -2.49. The van der Waals surface area contributed by atoms with E-state index in [0.29, 0.717) is 72.3 Å². The number of hydrogen-bond donors (Lipinski definition) is 2. The van der Waals surface area contributed by atoms with Gasteiger partial charge in [-0.1, -0.05) is 343 Å². The molecule has 10 unspecified atom stereocenters. The molecule has 4 fully saturated rings. The average molecular weight is 1750 g/mol. The molecule has 0 radical (unpaired) electrons. The maximum atomic E-state index is 10.9. The highest BCUT2D eigenvalue weighted by atomic mass is 16.8. The van der Waals surface area contributed by atoms with Gasteiger partial charge in [-0.15, -0.1) is 0 Å². The highest BCUT2D eigenvalue weighted by molar-refractivity contribution is 5.22. The lowest BCUT2D eigenvalue weighted by Crippen LogP contribution is -2.63. The molecule has 4 aliphatic heterocycles. The predicted octanol–water partition coefficient (Wildman–Crippen LogP) is 19.0. The zero-order valence-electron chi connectivity index (χ0n) is 75.1. The van der Waals surface area contributed by atoms with Crippen LogP contribution in [0.2, 0.25) is 0 Å². The Hall–Kier alpha value is -8.86. The largest absolute Gasteiger partial charge is 0.388 e. The molecule has 20 heteroatoms. The number of ether oxygens (including phenoxy) is 18. The molecule has 4 heterocycles. The fourth-order valence-corrected chi connectivity index (χ4v) is 16.2. The van der Waals surface area contributed by atoms with Crippen molar-refractivity contribution in [1.82, 2.24) is 0 Å². The fraction of sp³-hybridized carbons (Fsp3) is 0.426. The maximum absolute atomic E-state index is 10.9. The van der Waals surface area contributed by atoms with E-state index in [2.05, 4.69) is 82.3 Å². The van der Waals surface area contributed by atoms with E-state index in [1.165, 1.54) is 5.57 Å². The van der Waals surface area contributed by atoms with E-state index < -0.39 is 116 Å². The van der Waals surface area contributed by atoms with Gasteiger partial charge in [0.05, 0.1) is 123 Å². The molecule has 0 saturated carbocycles. The van der Waals surface area contributed by atoms with Gasteiger partial charge in [0, 0.05) is 11.8 Å². The molecule has 4 aliphatic rings. The Bertz CT molecular complexity index is 4680. The van der Waals surface area contributed by atoms with E-state index >= 15 is 0 Å². The van der Waals surface area contributed by atoms with Crippen molar-refractivity contribution in [2.24, 2.45) is 11.8 Å². The van der Waals surface area contributed by atoms with Gasteiger partial charge in [0.2, 0.25) is 0 Å². The molecular weight excluding hydrogens is 1620 g/mol. The van der Waals surface area contributed by atoms with Crippen LogP contribution in [0, 0.1) is 11.8 Å². The smallest absolute Gasteiger partial charge is 0.189 e. The summed E-state index contributed by atoms with van der Waals surface area (Å²) in [4.78, 5) is 0. The first kappa shape index (κ1) is 96.7. The molecule has 0 amide bonds. The highest BCUT2D eigenvalue weighted by Gasteiger charge is 2.55. The summed E-state index contributed by atoms with van der Waals surface area (Å²) >= 11 is 0. The van der Waals surface area contributed by atoms with Gasteiger partial charge in [0.15, 0.2) is 25.2 Å². The predicted molar refractivity (Wildman–Crippen MR) is 489 cm³/mol. The van der Waals surface area contributed by atoms with E-state index in [1.807, 2.05) is 269 Å². The molecule has 2 N–H and O–H groups in total. The van der Waals surface area contributed by atoms with Crippen LogP contribution in [-0.4, -0.2) is 159 Å². The molecule has 21 atom stereocenters. The van der Waals surface area contributed by atoms with Gasteiger partial charge < -0.3 is 95.5 Å². The molecule has 0 bridgehead atoms. The molecule has 14 rings (SSSR count). The Balaban J connectivity index is 0.000000219. The van der Waals surface area contributed by atoms with Gasteiger partial charge in [-0.25, -0.2) is 0 Å². The molecule has 128 heavy (non-hydrogen) atoms. The van der Waals surface area contributed by atoms with Crippen LogP contribution < -0.4 is 0 Å². The zero-order valence-corrected chi connectivity index (χ0v) is 75.1. The van der Waals surface area contributed by atoms with Crippen LogP contribution in [-0.2, 0) is 151 Å². The first-order valence-electron chi connectivity index (χ1n) is 45.3. The van der Waals surface area contributed by atoms with Crippen LogP contribution in [0.15, 0.2) is 315 Å². The summed E-state index contributed by atoms with van der Waals surface area (Å²) < 4.78 is 123. The van der Waals surface area contributed by atoms with Crippen molar-refractivity contribution in [3.63, 3.8) is 0 Å². The number of aliphatic hydroxyl groups excluding tert-OH is 1. The van der Waals surface area contributed by atoms with Gasteiger partial charge in [0.1, 0.15) is 67.1 Å². The third kappa shape index (κ3) is 29.3. The van der Waals surface area contributed by atoms with Gasteiger partial charge in [0.25, 0.3) is 0 Å². The standard InChI is InChI=1S/C54H66O11.C54H64O9/c1-5-44-48(62-37-46(55)54(3,4)56)50(60-34-42-27-17-9-18-28-42)51(61-35-43-29-19-10-20-30-43)53(63-44)65-52-38(2)47(58-32-40-23-13-7-14-24-40)49(59-33-41-25-15-8-16-26-41)45(64-52)36-57-31-39-21-11-6-12-22-39;1-5-46-49(56-32-31-39(2)3)51(59-36-44-27-17-9-18-28-44)52(60-37-45-29-19-10-20-30-45)54(61-46)63-53-40(4)48(57-34-42-23-13-7-14-24-42)50(58-35-43-25-15-8-16-26-43)47(62-53)38-55-33-41-21-11-6-12-22-41/h6-30,38,44-53,55-56H,5,31-37H2,1-4H3;6-31,40,46-54H,5,32-38H2,1-4H3/t38?,44?,45?,46-,47?,48+,49+,50-,51?,52+,53+;40?,46?,47?,48?,49-,50-,51+,52?,53-,54-/m01/s1. The number of benzene rings is 10. The van der Waals surface area contributed by atoms with E-state index in [4.69, 9.17) is 85.3 Å². The third-order valence-corrected chi connectivity index (χ3v) is 23.5. The van der Waals surface area contributed by atoms with E-state index in [1.54, 1.807) is 13.8 Å². The second kappa shape index (κ2) is 51.1. The summed E-state index contributed by atoms with van der Waals surface area (Å²) in [7, 11) is 0. The Labute approximate surface area is 756 Å². The van der Waals surface area contributed by atoms with Crippen molar-refractivity contribution in [1.29, 1.82) is 0 Å². The molecule has 10 aromatic rings. The Kier molecular flexibility index (Phi) is 38.6. The van der Waals surface area contributed by atoms with Crippen molar-refractivity contribution in [3.05, 3.63) is 371 Å². The number of hydrogen-bond acceptors (Lipinski definition) is 20. The Morgan fingerprint density at radius 3 is 0.781 bits per heavy atom. The lowest BCUT2D eigenvalue weighted by molar-refractivity contribution is -0.383. The average Bonchev–Trinajstić information content (AvgIpc) is 0.777. The minimum atomic E-state index is -1.40. The van der Waals surface area contributed by atoms with Gasteiger partial charge >= 0.3 is 0 Å². The summed E-state index contributed by atoms with van der Waals surface area (Å²) in [5, 5.41) is 21.6. The second-order valence-electron chi connectivity index (χ2n) is 34.1. The van der Waals surface area contributed by atoms with Crippen molar-refractivity contribution < 1.29 is 95.5 Å². The minimum absolute atomic E-state index is 0.158. The molecule has 10 aromatic carbocycles. The number of allylic oxidation sites excluding steroid dienone is 1. The van der Waals surface area contributed by atoms with Gasteiger partial charge in [-0.05, 0) is 96.2 Å². The lowest BCUT2D eigenvalue weighted by atomic mass is 9.91. The third-order valence-electron chi connectivity index (χ3n) is 23.5. The van der Waals surface area contributed by atoms with Crippen LogP contribution in [0.5, 0.6) is 0 Å². The minimum Gasteiger partial charge on any atom is -0.388 e. The van der Waals surface area contributed by atoms with Crippen LogP contribution >= 0.6 is 0 Å². The summed E-state index contributed by atoms with van der Waals surface area (Å²) in [6.07, 6.45) is -9.52. The van der Waals surface area contributed by atoms with Crippen molar-refractivity contribution in [2.75, 3.05) is 26.4 Å². The van der Waals surface area contributed by atoms with Gasteiger partial charge in [-0.2, -0.15) is 0 Å². The van der Waals surface area contributed by atoms with Crippen molar-refractivity contribution in [2.45, 2.75) is 257 Å². The molecular formula is C108H130O20. The quantitative estimate of drug-likeness (QED) is 0.0340. The van der Waals surface area contributed by atoms with E-state index in [9.17, 15) is 10.2 Å². The normalized spacial score (nSPS) is 26.2. The first-order valence-corrected chi connectivity index (χ1v) is 45.3. The fourth-order valence-electron chi connectivity index (χ4n) is 16.2. The summed E-state index contributed by atoms with van der Waals surface area (Å²) in [6.45, 7) is 19.6. The summed E-state index contributed by atoms with van der Waals surface area (Å²) in [5.41, 5.74) is 10.0. The second-order valence-corrected chi connectivity index (χ2v) is 34.1. The molecule has 0 aliphatic carbocycles. The zero-order chi connectivity index (χ0) is 89.1. The number of rotatable bonds is 45. The molecule has 682 valence electrons. The Morgan fingerprint density at radius 1 is 0.297 bits per heavy atom. The van der Waals surface area contributed by atoms with Crippen molar-refractivity contribution >= 4 is 0 Å². The Morgan fingerprint density at radius 2 is 0.523 bits per heavy atom. The van der Waals surface area contributed by atoms with E-state index in [0.717, 1.165) is 55.6 Å². The molecule has 0 aromatic heterocycles. The monoisotopic (exact) mass is 1750 g/mol. The maximum Gasteiger partial charge on any atom is 0.189 e. The van der Waals surface area contributed by atoms with Crippen LogP contribution in [0.3, 0.4) is 0 Å². The highest BCUT2D eigenvalue weighted by Crippen LogP contribution is 2.41. The SMILES string of the molecule is CCC1O[C@H](O[C@H]2OC(COCc3ccccc3)[C@@H](OCc3ccccc3)C(OCc3ccccc3)C2C)C(OCc2ccccc2)[C@@H](OCc2ccccc2)[C@@H]1OCC=C(C)C.CCC1O[C@H](O[C@H]2OC(COCc3ccccc3)[C@@H](OCc3ccccc3)C(OCc3ccccc3)C2C)C(OCc2ccccc2)[C@@H](OCc2ccccc2)[C@@H]1OC[C@H](O)C(C)(C)O. The molecule has 0 spiro atoms. The number of aliphatic hydroxyl groups is 2. The van der Waals surface area contributed by atoms with E-state index in [-0.39, 0.29) is 51.0 Å². The van der Waals surface area contributed by atoms with Gasteiger partial charge in [-0.3, -0.25) is 0 Å². The first-order chi connectivity index (χ1) is 62.6. The topological polar surface area (TPSA) is 207 Å². The molecule has 4 saturated heterocycles. The van der Waals surface area contributed by atoms with Crippen LogP contribution in [0.4, 0.5) is 0 Å². The summed E-state index contributed by atoms with van der Waals surface area (Å²) in [6, 6.07) is 101. The van der Waals surface area contributed by atoms with Crippen molar-refractivity contribution in [3.8, 4) is 0 Å². The van der Waals surface area contributed by atoms with Crippen LogP contribution in [0.1, 0.15) is 124 Å². The summed E-state index contributed by atoms with van der Waals surface area (Å²) in [5.74, 6) is -0.684.